The normalized spacial score (nSPS) is 36.2. The summed E-state index contributed by atoms with van der Waals surface area (Å²) in [6.07, 6.45) is 1.50. The van der Waals surface area contributed by atoms with Crippen molar-refractivity contribution < 1.29 is 24.1 Å². The molecule has 0 unspecified atom stereocenters. The first-order valence-corrected chi connectivity index (χ1v) is 8.28. The number of nitrogen functional groups attached to an aromatic ring is 1. The first-order chi connectivity index (χ1) is 11.9. The summed E-state index contributed by atoms with van der Waals surface area (Å²) >= 11 is 0. The van der Waals surface area contributed by atoms with Gasteiger partial charge in [0.15, 0.2) is 11.9 Å². The molecule has 2 aromatic rings. The number of hydrogen-bond acceptors (Lipinski definition) is 8. The number of rotatable bonds is 3. The largest absolute Gasteiger partial charge is 0.509 e. The van der Waals surface area contributed by atoms with E-state index >= 15 is 0 Å². The Balaban J connectivity index is 1.35. The van der Waals surface area contributed by atoms with Gasteiger partial charge >= 0.3 is 6.16 Å². The van der Waals surface area contributed by atoms with Gasteiger partial charge in [-0.25, -0.2) is 14.3 Å². The summed E-state index contributed by atoms with van der Waals surface area (Å²) in [6, 6.07) is 3.66. The molecule has 3 fully saturated rings. The molecular formula is C16H18N4O5. The number of nitrogens with zero attached hydrogens (tertiary/aromatic N) is 3. The van der Waals surface area contributed by atoms with Crippen molar-refractivity contribution in [2.24, 2.45) is 0 Å². The van der Waals surface area contributed by atoms with Crippen molar-refractivity contribution in [3.05, 3.63) is 24.2 Å². The molecule has 1 saturated heterocycles. The van der Waals surface area contributed by atoms with Crippen molar-refractivity contribution in [1.82, 2.24) is 14.6 Å². The minimum Gasteiger partial charge on any atom is -0.431 e. The fourth-order valence-electron chi connectivity index (χ4n) is 3.74. The molecule has 2 saturated carbocycles. The van der Waals surface area contributed by atoms with Crippen LogP contribution in [0.5, 0.6) is 0 Å². The van der Waals surface area contributed by atoms with Crippen LogP contribution in [0.3, 0.4) is 0 Å². The van der Waals surface area contributed by atoms with Crippen molar-refractivity contribution in [3.8, 4) is 0 Å². The number of carbonyl (C=O) groups is 1. The second-order valence-corrected chi connectivity index (χ2v) is 7.11. The Hall–Kier alpha value is -2.39. The summed E-state index contributed by atoms with van der Waals surface area (Å²) in [5.41, 5.74) is 5.10. The molecule has 0 bridgehead atoms. The van der Waals surface area contributed by atoms with Gasteiger partial charge in [0.1, 0.15) is 35.3 Å². The Morgan fingerprint density at radius 1 is 1.44 bits per heavy atom. The highest BCUT2D eigenvalue weighted by Gasteiger charge is 2.83. The van der Waals surface area contributed by atoms with E-state index in [2.05, 4.69) is 10.1 Å². The van der Waals surface area contributed by atoms with Crippen LogP contribution >= 0.6 is 0 Å². The van der Waals surface area contributed by atoms with E-state index in [4.69, 9.17) is 19.9 Å². The van der Waals surface area contributed by atoms with Gasteiger partial charge in [-0.2, -0.15) is 5.10 Å². The van der Waals surface area contributed by atoms with Gasteiger partial charge in [-0.05, 0) is 31.9 Å². The Labute approximate surface area is 142 Å². The zero-order valence-electron chi connectivity index (χ0n) is 13.6. The molecule has 3 aliphatic rings. The molecule has 5 rings (SSSR count). The molecule has 1 aliphatic heterocycles. The smallest absolute Gasteiger partial charge is 0.431 e. The van der Waals surface area contributed by atoms with E-state index in [-0.39, 0.29) is 12.2 Å². The third-order valence-corrected chi connectivity index (χ3v) is 5.44. The van der Waals surface area contributed by atoms with Crippen LogP contribution in [-0.4, -0.2) is 49.3 Å². The first-order valence-electron chi connectivity index (χ1n) is 8.28. The average molecular weight is 346 g/mol. The monoisotopic (exact) mass is 346 g/mol. The Morgan fingerprint density at radius 2 is 2.24 bits per heavy atom. The second-order valence-electron chi connectivity index (χ2n) is 7.11. The molecule has 132 valence electrons. The number of hydrogen-bond donors (Lipinski definition) is 2. The molecule has 0 aromatic carbocycles. The molecule has 0 radical (unpaired) electrons. The lowest BCUT2D eigenvalue weighted by molar-refractivity contribution is -0.0453. The molecular weight excluding hydrogens is 328 g/mol. The summed E-state index contributed by atoms with van der Waals surface area (Å²) in [4.78, 5) is 15.7. The fourth-order valence-corrected chi connectivity index (χ4v) is 3.74. The highest BCUT2D eigenvalue weighted by molar-refractivity contribution is 5.65. The van der Waals surface area contributed by atoms with Gasteiger partial charge in [0.25, 0.3) is 0 Å². The van der Waals surface area contributed by atoms with E-state index in [1.165, 1.54) is 6.33 Å². The Kier molecular flexibility index (Phi) is 2.75. The van der Waals surface area contributed by atoms with E-state index in [0.717, 1.165) is 18.5 Å². The van der Waals surface area contributed by atoms with Gasteiger partial charge in [-0.3, -0.25) is 0 Å². The summed E-state index contributed by atoms with van der Waals surface area (Å²) in [5, 5.41) is 15.1. The van der Waals surface area contributed by atoms with Crippen molar-refractivity contribution in [3.63, 3.8) is 0 Å². The zero-order chi connectivity index (χ0) is 17.4. The lowest BCUT2D eigenvalue weighted by Gasteiger charge is -2.18. The molecule has 9 nitrogen and oxygen atoms in total. The number of ether oxygens (including phenoxy) is 3. The van der Waals surface area contributed by atoms with Crippen molar-refractivity contribution in [2.45, 2.75) is 55.7 Å². The van der Waals surface area contributed by atoms with Crippen LogP contribution in [0.1, 0.15) is 38.0 Å². The molecule has 25 heavy (non-hydrogen) atoms. The van der Waals surface area contributed by atoms with E-state index in [1.807, 2.05) is 12.1 Å². The number of anilines is 1. The average Bonchev–Trinajstić information content (AvgIpc) is 3.31. The van der Waals surface area contributed by atoms with Gasteiger partial charge in [0.2, 0.25) is 0 Å². The second kappa shape index (κ2) is 4.61. The van der Waals surface area contributed by atoms with Gasteiger partial charge in [-0.1, -0.05) is 0 Å². The number of aromatic nitrogens is 3. The number of carbonyl (C=O) groups excluding carboxylic acids is 1. The van der Waals surface area contributed by atoms with Gasteiger partial charge in [0, 0.05) is 6.42 Å². The zero-order valence-corrected chi connectivity index (χ0v) is 13.6. The highest BCUT2D eigenvalue weighted by atomic mass is 16.8. The summed E-state index contributed by atoms with van der Waals surface area (Å²) < 4.78 is 18.0. The van der Waals surface area contributed by atoms with E-state index < -0.39 is 23.5 Å². The van der Waals surface area contributed by atoms with Gasteiger partial charge in [0.05, 0.1) is 5.69 Å². The minimum atomic E-state index is -1.23. The van der Waals surface area contributed by atoms with Crippen LogP contribution in [-0.2, 0) is 14.2 Å². The van der Waals surface area contributed by atoms with E-state index in [0.29, 0.717) is 17.8 Å². The molecule has 0 spiro atoms. The predicted octanol–water partition coefficient (Wildman–Crippen LogP) is 0.961. The van der Waals surface area contributed by atoms with Crippen LogP contribution in [0.2, 0.25) is 0 Å². The van der Waals surface area contributed by atoms with Crippen molar-refractivity contribution >= 4 is 17.5 Å². The molecule has 2 aromatic heterocycles. The number of aliphatic hydroxyl groups is 1. The number of fused-ring (bicyclic) bond motifs is 2. The van der Waals surface area contributed by atoms with Crippen LogP contribution in [0.25, 0.3) is 5.52 Å². The first kappa shape index (κ1) is 14.9. The SMILES string of the molecule is C[C@]12O[C@@H](c3ccc4c(N)ncnn34)C[C@@]1(O)[C@H]2OC(=O)OC1CC1. The van der Waals surface area contributed by atoms with Crippen molar-refractivity contribution in [2.75, 3.05) is 5.73 Å². The maximum atomic E-state index is 11.7. The Bertz CT molecular complexity index is 863. The number of nitrogens with two attached hydrogens (primary N) is 1. The minimum absolute atomic E-state index is 0.0422. The summed E-state index contributed by atoms with van der Waals surface area (Å²) in [7, 11) is 0. The standard InChI is InChI=1S/C16H18N4O5/c1-15-13(24-14(21)23-8-2-3-8)16(15,22)6-11(25-15)9-4-5-10-12(17)18-7-19-20(9)10/h4-5,7-8,11,13,22H,2-3,6H2,1H3,(H2,17,18,19)/t11-,13+,15-,16-/m1/s1. The van der Waals surface area contributed by atoms with Crippen LogP contribution in [0, 0.1) is 0 Å². The fraction of sp³-hybridized carbons (Fsp3) is 0.562. The molecule has 4 atom stereocenters. The third-order valence-electron chi connectivity index (χ3n) is 5.44. The van der Waals surface area contributed by atoms with Crippen LogP contribution in [0.15, 0.2) is 18.5 Å². The molecule has 9 heteroatoms. The van der Waals surface area contributed by atoms with Gasteiger partial charge < -0.3 is 25.1 Å². The lowest BCUT2D eigenvalue weighted by Crippen LogP contribution is -2.23. The topological polar surface area (TPSA) is 121 Å². The lowest BCUT2D eigenvalue weighted by atomic mass is 10.1. The third kappa shape index (κ3) is 1.99. The van der Waals surface area contributed by atoms with Crippen molar-refractivity contribution in [1.29, 1.82) is 0 Å². The van der Waals surface area contributed by atoms with Gasteiger partial charge in [-0.15, -0.1) is 0 Å². The molecule has 2 aliphatic carbocycles. The molecule has 3 N–H and O–H groups in total. The summed E-state index contributed by atoms with van der Waals surface area (Å²) in [5.74, 6) is 0.373. The van der Waals surface area contributed by atoms with Crippen LogP contribution in [0.4, 0.5) is 10.6 Å². The summed E-state index contributed by atoms with van der Waals surface area (Å²) in [6.45, 7) is 1.74. The maximum absolute atomic E-state index is 11.7. The maximum Gasteiger partial charge on any atom is 0.509 e. The Morgan fingerprint density at radius 3 is 2.92 bits per heavy atom. The van der Waals surface area contributed by atoms with E-state index in [1.54, 1.807) is 11.4 Å². The van der Waals surface area contributed by atoms with Crippen LogP contribution < -0.4 is 5.73 Å². The molecule has 0 amide bonds. The quantitative estimate of drug-likeness (QED) is 0.788. The molecule has 3 heterocycles. The highest BCUT2D eigenvalue weighted by Crippen LogP contribution is 2.64. The van der Waals surface area contributed by atoms with E-state index in [9.17, 15) is 9.90 Å². The predicted molar refractivity (Wildman–Crippen MR) is 83.6 cm³/mol.